The van der Waals surface area contributed by atoms with Crippen molar-refractivity contribution in [2.75, 3.05) is 13.2 Å². The molecule has 0 aliphatic heterocycles. The summed E-state index contributed by atoms with van der Waals surface area (Å²) in [6.45, 7) is 6.32. The Labute approximate surface area is 492 Å². The van der Waals surface area contributed by atoms with E-state index >= 15 is 0 Å². The van der Waals surface area contributed by atoms with Gasteiger partial charge in [0.2, 0.25) is 0 Å². The molecule has 0 saturated carbocycles. The Hall–Kier alpha value is -4.97. The Bertz CT molecular complexity index is 1790. The van der Waals surface area contributed by atoms with Crippen molar-refractivity contribution in [2.24, 2.45) is 0 Å². The minimum atomic E-state index is -0.797. The minimum Gasteiger partial charge on any atom is -0.462 e. The minimum absolute atomic E-state index is 0.0939. The number of carbonyl (C=O) groups excluding carboxylic acids is 3. The van der Waals surface area contributed by atoms with Crippen LogP contribution < -0.4 is 0 Å². The predicted molar refractivity (Wildman–Crippen MR) is 348 cm³/mol. The molecular weight excluding hydrogens is 985 g/mol. The Morgan fingerprint density at radius 1 is 0.263 bits per heavy atom. The molecule has 0 heterocycles. The lowest BCUT2D eigenvalue weighted by Gasteiger charge is -2.18. The molecule has 0 aromatic heterocycles. The van der Waals surface area contributed by atoms with Gasteiger partial charge in [0.1, 0.15) is 13.2 Å². The molecule has 0 aliphatic rings. The number of rotatable bonds is 57. The molecule has 0 aromatic carbocycles. The van der Waals surface area contributed by atoms with Gasteiger partial charge in [0.25, 0.3) is 0 Å². The van der Waals surface area contributed by atoms with Crippen LogP contribution in [0.3, 0.4) is 0 Å². The third-order valence-electron chi connectivity index (χ3n) is 13.3. The fraction of sp³-hybridized carbons (Fsp3) is 0.608. The van der Waals surface area contributed by atoms with E-state index in [1.165, 1.54) is 77.0 Å². The predicted octanol–water partition coefficient (Wildman–Crippen LogP) is 22.5. The van der Waals surface area contributed by atoms with Gasteiger partial charge in [-0.3, -0.25) is 14.4 Å². The monoisotopic (exact) mass is 1100 g/mol. The summed E-state index contributed by atoms with van der Waals surface area (Å²) >= 11 is 0. The number of esters is 3. The van der Waals surface area contributed by atoms with Gasteiger partial charge in [0, 0.05) is 19.3 Å². The molecule has 0 amide bonds. The van der Waals surface area contributed by atoms with Crippen LogP contribution >= 0.6 is 0 Å². The first-order chi connectivity index (χ1) is 39.5. The molecule has 0 N–H and O–H groups in total. The quantitative estimate of drug-likeness (QED) is 0.0261. The molecule has 0 rings (SSSR count). The Morgan fingerprint density at radius 3 is 0.762 bits per heavy atom. The molecule has 0 fully saturated rings. The number of hydrogen-bond acceptors (Lipinski definition) is 6. The van der Waals surface area contributed by atoms with Crippen LogP contribution in [0.2, 0.25) is 0 Å². The molecule has 1 atom stereocenters. The highest BCUT2D eigenvalue weighted by Gasteiger charge is 2.19. The highest BCUT2D eigenvalue weighted by atomic mass is 16.6. The lowest BCUT2D eigenvalue weighted by Crippen LogP contribution is -2.30. The van der Waals surface area contributed by atoms with Crippen LogP contribution in [-0.2, 0) is 28.6 Å². The molecule has 450 valence electrons. The van der Waals surface area contributed by atoms with Gasteiger partial charge in [-0.15, -0.1) is 0 Å². The number of unbranched alkanes of at least 4 members (excludes halogenated alkanes) is 20. The summed E-state index contributed by atoms with van der Waals surface area (Å²) < 4.78 is 16.8. The van der Waals surface area contributed by atoms with Crippen molar-refractivity contribution in [1.82, 2.24) is 0 Å². The van der Waals surface area contributed by atoms with E-state index in [1.807, 2.05) is 0 Å². The van der Waals surface area contributed by atoms with Crippen molar-refractivity contribution in [3.8, 4) is 0 Å². The number of hydrogen-bond donors (Lipinski definition) is 0. The molecule has 6 nitrogen and oxygen atoms in total. The fourth-order valence-electron chi connectivity index (χ4n) is 8.48. The highest BCUT2D eigenvalue weighted by molar-refractivity contribution is 5.71. The standard InChI is InChI=1S/C74H118O6/c1-4-7-10-13-16-18-20-22-24-26-28-30-32-33-34-35-36-37-38-39-40-41-43-44-46-48-50-52-54-56-58-61-64-67-73(76)79-70-71(69-78-72(75)66-63-60-15-12-9-6-3)80-74(77)68-65-62-59-57-55-53-51-49-47-45-42-31-29-27-25-23-21-19-17-14-11-8-5-2/h7-8,10-11,16-19,22-25,28-31,33-34,36-37,39-40,45,47,51,53,71H,4-6,9,12-15,20-21,26-27,32,35,38,41-44,46,48-50,52,54-70H2,1-3H3/b10-7-,11-8-,18-16-,19-17-,24-22-,25-23-,30-28-,31-29-,34-33-,37-36-,40-39-,47-45-,53-51-. The summed E-state index contributed by atoms with van der Waals surface area (Å²) in [4.78, 5) is 38.0. The van der Waals surface area contributed by atoms with Gasteiger partial charge in [0.15, 0.2) is 6.10 Å². The second-order valence-electron chi connectivity index (χ2n) is 20.9. The van der Waals surface area contributed by atoms with Gasteiger partial charge in [-0.05, 0) is 128 Å². The largest absolute Gasteiger partial charge is 0.462 e. The molecule has 80 heavy (non-hydrogen) atoms. The summed E-state index contributed by atoms with van der Waals surface area (Å²) in [5.41, 5.74) is 0. The van der Waals surface area contributed by atoms with E-state index in [0.29, 0.717) is 19.3 Å². The van der Waals surface area contributed by atoms with E-state index in [4.69, 9.17) is 14.2 Å². The molecule has 6 heteroatoms. The summed E-state index contributed by atoms with van der Waals surface area (Å²) in [5.74, 6) is -0.935. The van der Waals surface area contributed by atoms with Crippen LogP contribution in [0.15, 0.2) is 158 Å². The average Bonchev–Trinajstić information content (AvgIpc) is 3.46. The van der Waals surface area contributed by atoms with Crippen molar-refractivity contribution in [3.05, 3.63) is 158 Å². The fourth-order valence-corrected chi connectivity index (χ4v) is 8.48. The van der Waals surface area contributed by atoms with Gasteiger partial charge >= 0.3 is 17.9 Å². The normalized spacial score (nSPS) is 13.2. The van der Waals surface area contributed by atoms with E-state index in [2.05, 4.69) is 179 Å². The van der Waals surface area contributed by atoms with E-state index < -0.39 is 6.10 Å². The van der Waals surface area contributed by atoms with Crippen LogP contribution in [0.4, 0.5) is 0 Å². The second kappa shape index (κ2) is 66.5. The van der Waals surface area contributed by atoms with Gasteiger partial charge in [-0.1, -0.05) is 281 Å². The van der Waals surface area contributed by atoms with E-state index in [1.54, 1.807) is 0 Å². The molecule has 0 radical (unpaired) electrons. The zero-order chi connectivity index (χ0) is 57.8. The van der Waals surface area contributed by atoms with Crippen LogP contribution in [-0.4, -0.2) is 37.2 Å². The summed E-state index contributed by atoms with van der Waals surface area (Å²) in [7, 11) is 0. The summed E-state index contributed by atoms with van der Waals surface area (Å²) in [5, 5.41) is 0. The second-order valence-corrected chi connectivity index (χ2v) is 20.9. The van der Waals surface area contributed by atoms with Crippen LogP contribution in [0.1, 0.15) is 271 Å². The van der Waals surface area contributed by atoms with Crippen molar-refractivity contribution in [3.63, 3.8) is 0 Å². The van der Waals surface area contributed by atoms with Gasteiger partial charge in [-0.2, -0.15) is 0 Å². The smallest absolute Gasteiger partial charge is 0.306 e. The first-order valence-corrected chi connectivity index (χ1v) is 32.5. The van der Waals surface area contributed by atoms with E-state index in [0.717, 1.165) is 154 Å². The van der Waals surface area contributed by atoms with Crippen LogP contribution in [0.5, 0.6) is 0 Å². The molecule has 0 aliphatic carbocycles. The number of allylic oxidation sites excluding steroid dienone is 26. The first kappa shape index (κ1) is 75.0. The number of ether oxygens (including phenoxy) is 3. The van der Waals surface area contributed by atoms with Crippen molar-refractivity contribution in [2.45, 2.75) is 277 Å². The van der Waals surface area contributed by atoms with Crippen molar-refractivity contribution in [1.29, 1.82) is 0 Å². The van der Waals surface area contributed by atoms with Gasteiger partial charge in [-0.25, -0.2) is 0 Å². The topological polar surface area (TPSA) is 78.9 Å². The van der Waals surface area contributed by atoms with Crippen LogP contribution in [0.25, 0.3) is 0 Å². The maximum atomic E-state index is 12.8. The molecule has 1 unspecified atom stereocenters. The lowest BCUT2D eigenvalue weighted by molar-refractivity contribution is -0.167. The Kier molecular flexibility index (Phi) is 62.4. The molecular formula is C74H118O6. The van der Waals surface area contributed by atoms with E-state index in [9.17, 15) is 14.4 Å². The summed E-state index contributed by atoms with van der Waals surface area (Å²) in [6.07, 6.45) is 97.1. The number of carbonyl (C=O) groups is 3. The highest BCUT2D eigenvalue weighted by Crippen LogP contribution is 2.15. The van der Waals surface area contributed by atoms with E-state index in [-0.39, 0.29) is 31.1 Å². The third-order valence-corrected chi connectivity index (χ3v) is 13.3. The van der Waals surface area contributed by atoms with Crippen LogP contribution in [0, 0.1) is 0 Å². The van der Waals surface area contributed by atoms with Crippen molar-refractivity contribution < 1.29 is 28.6 Å². The Morgan fingerprint density at radius 2 is 0.487 bits per heavy atom. The van der Waals surface area contributed by atoms with Gasteiger partial charge < -0.3 is 14.2 Å². The maximum Gasteiger partial charge on any atom is 0.306 e. The Balaban J connectivity index is 4.15. The third kappa shape index (κ3) is 63.9. The van der Waals surface area contributed by atoms with Gasteiger partial charge in [0.05, 0.1) is 0 Å². The lowest BCUT2D eigenvalue weighted by atomic mass is 10.0. The zero-order valence-corrected chi connectivity index (χ0v) is 51.5. The van der Waals surface area contributed by atoms with Crippen molar-refractivity contribution >= 4 is 17.9 Å². The molecule has 0 saturated heterocycles. The molecule has 0 spiro atoms. The zero-order valence-electron chi connectivity index (χ0n) is 51.5. The molecule has 0 bridgehead atoms. The average molecular weight is 1100 g/mol. The first-order valence-electron chi connectivity index (χ1n) is 32.5. The molecule has 0 aromatic rings. The maximum absolute atomic E-state index is 12.8. The SMILES string of the molecule is CC/C=C\C/C=C\C/C=C\C/C=C\C/C=C\C/C=C\C/C=C\CCCCCCCCCCCCCC(=O)OCC(COC(=O)CCCCCCCC)OC(=O)CCCCCC/C=C\C/C=C\C/C=C\C/C=C\C/C=C\C/C=C\CC. The summed E-state index contributed by atoms with van der Waals surface area (Å²) in [6, 6.07) is 0.